The van der Waals surface area contributed by atoms with E-state index in [0.29, 0.717) is 12.0 Å². The molecular formula is C20H16FN5. The van der Waals surface area contributed by atoms with Gasteiger partial charge in [0, 0.05) is 28.6 Å². The predicted molar refractivity (Wildman–Crippen MR) is 96.1 cm³/mol. The lowest BCUT2D eigenvalue weighted by Crippen LogP contribution is -2.07. The van der Waals surface area contributed by atoms with Gasteiger partial charge in [0.25, 0.3) is 0 Å². The average Bonchev–Trinajstić information content (AvgIpc) is 3.42. The molecule has 2 bridgehead atoms. The van der Waals surface area contributed by atoms with Crippen molar-refractivity contribution >= 4 is 11.0 Å². The molecule has 1 unspecified atom stereocenters. The van der Waals surface area contributed by atoms with Gasteiger partial charge in [-0.2, -0.15) is 10.2 Å². The Labute approximate surface area is 148 Å². The van der Waals surface area contributed by atoms with E-state index < -0.39 is 0 Å². The maximum absolute atomic E-state index is 13.4. The molecule has 6 rings (SSSR count). The highest BCUT2D eigenvalue weighted by atomic mass is 19.1. The summed E-state index contributed by atoms with van der Waals surface area (Å²) >= 11 is 0. The van der Waals surface area contributed by atoms with Gasteiger partial charge in [-0.3, -0.25) is 9.78 Å². The lowest BCUT2D eigenvalue weighted by Gasteiger charge is -2.14. The molecule has 6 heteroatoms. The quantitative estimate of drug-likeness (QED) is 0.584. The van der Waals surface area contributed by atoms with Gasteiger partial charge in [-0.25, -0.2) is 9.37 Å². The summed E-state index contributed by atoms with van der Waals surface area (Å²) in [4.78, 5) is 4.37. The average molecular weight is 345 g/mol. The van der Waals surface area contributed by atoms with Gasteiger partial charge in [0.2, 0.25) is 0 Å². The SMILES string of the molecule is Fc1ccc(-c2nn3c(c2-c2ccnc4[nH]ncc24)C2CC[C@@H]3C2)cc1. The molecule has 5 nitrogen and oxygen atoms in total. The minimum absolute atomic E-state index is 0.233. The zero-order valence-electron chi connectivity index (χ0n) is 14.0. The van der Waals surface area contributed by atoms with Crippen LogP contribution < -0.4 is 0 Å². The molecule has 0 radical (unpaired) electrons. The fourth-order valence-corrected chi connectivity index (χ4v) is 4.69. The first kappa shape index (κ1) is 14.2. The third-order valence-corrected chi connectivity index (χ3v) is 5.83. The van der Waals surface area contributed by atoms with Gasteiger partial charge < -0.3 is 0 Å². The highest BCUT2D eigenvalue weighted by Crippen LogP contribution is 2.54. The fourth-order valence-electron chi connectivity index (χ4n) is 4.69. The predicted octanol–water partition coefficient (Wildman–Crippen LogP) is 4.45. The minimum Gasteiger partial charge on any atom is -0.265 e. The molecule has 2 atom stereocenters. The van der Waals surface area contributed by atoms with Crippen LogP contribution in [0.5, 0.6) is 0 Å². The lowest BCUT2D eigenvalue weighted by atomic mass is 9.92. The molecule has 1 aliphatic carbocycles. The summed E-state index contributed by atoms with van der Waals surface area (Å²) in [5.74, 6) is 0.315. The highest BCUT2D eigenvalue weighted by molar-refractivity contribution is 5.97. The van der Waals surface area contributed by atoms with Crippen LogP contribution >= 0.6 is 0 Å². The van der Waals surface area contributed by atoms with Crippen LogP contribution in [0, 0.1) is 5.82 Å². The van der Waals surface area contributed by atoms with E-state index in [2.05, 4.69) is 19.9 Å². The molecule has 1 fully saturated rings. The molecule has 26 heavy (non-hydrogen) atoms. The van der Waals surface area contributed by atoms with Crippen molar-refractivity contribution in [3.05, 3.63) is 54.2 Å². The Morgan fingerprint density at radius 3 is 2.88 bits per heavy atom. The van der Waals surface area contributed by atoms with Crippen LogP contribution in [0.15, 0.2) is 42.7 Å². The summed E-state index contributed by atoms with van der Waals surface area (Å²) in [7, 11) is 0. The van der Waals surface area contributed by atoms with Gasteiger partial charge in [0.05, 0.1) is 17.9 Å². The van der Waals surface area contributed by atoms with Crippen LogP contribution in [-0.2, 0) is 0 Å². The Bertz CT molecular complexity index is 1140. The van der Waals surface area contributed by atoms with Crippen LogP contribution in [-0.4, -0.2) is 25.0 Å². The van der Waals surface area contributed by atoms with Crippen molar-refractivity contribution in [3.8, 4) is 22.4 Å². The fraction of sp³-hybridized carbons (Fsp3) is 0.250. The summed E-state index contributed by atoms with van der Waals surface area (Å²) in [6.45, 7) is 0. The Kier molecular flexibility index (Phi) is 2.73. The van der Waals surface area contributed by atoms with Crippen molar-refractivity contribution in [2.75, 3.05) is 0 Å². The molecule has 1 saturated carbocycles. The molecule has 1 aliphatic heterocycles. The summed E-state index contributed by atoms with van der Waals surface area (Å²) < 4.78 is 15.7. The van der Waals surface area contributed by atoms with Gasteiger partial charge in [-0.05, 0) is 55.2 Å². The number of pyridine rings is 1. The topological polar surface area (TPSA) is 59.4 Å². The third kappa shape index (κ3) is 1.81. The highest BCUT2D eigenvalue weighted by Gasteiger charge is 2.41. The van der Waals surface area contributed by atoms with E-state index in [4.69, 9.17) is 5.10 Å². The molecule has 0 spiro atoms. The van der Waals surface area contributed by atoms with Crippen LogP contribution in [0.2, 0.25) is 0 Å². The third-order valence-electron chi connectivity index (χ3n) is 5.83. The first-order valence-corrected chi connectivity index (χ1v) is 8.96. The Balaban J connectivity index is 1.68. The van der Waals surface area contributed by atoms with Crippen LogP contribution in [0.1, 0.15) is 36.9 Å². The van der Waals surface area contributed by atoms with Crippen LogP contribution in [0.25, 0.3) is 33.4 Å². The van der Waals surface area contributed by atoms with Crippen molar-refractivity contribution in [2.24, 2.45) is 0 Å². The van der Waals surface area contributed by atoms with Gasteiger partial charge in [0.15, 0.2) is 5.65 Å². The first-order chi connectivity index (χ1) is 12.8. The Hall–Kier alpha value is -3.02. The van der Waals surface area contributed by atoms with E-state index >= 15 is 0 Å². The second kappa shape index (κ2) is 5.00. The van der Waals surface area contributed by atoms with Crippen molar-refractivity contribution in [1.29, 1.82) is 0 Å². The van der Waals surface area contributed by atoms with E-state index in [-0.39, 0.29) is 5.82 Å². The zero-order chi connectivity index (χ0) is 17.3. The number of rotatable bonds is 2. The van der Waals surface area contributed by atoms with Crippen LogP contribution in [0.4, 0.5) is 4.39 Å². The van der Waals surface area contributed by atoms with E-state index in [0.717, 1.165) is 33.4 Å². The summed E-state index contributed by atoms with van der Waals surface area (Å²) in [5.41, 5.74) is 6.20. The molecule has 128 valence electrons. The number of aromatic nitrogens is 5. The van der Waals surface area contributed by atoms with E-state index in [1.165, 1.54) is 37.1 Å². The Morgan fingerprint density at radius 1 is 1.12 bits per heavy atom. The van der Waals surface area contributed by atoms with Gasteiger partial charge in [-0.1, -0.05) is 0 Å². The molecule has 1 N–H and O–H groups in total. The second-order valence-electron chi connectivity index (χ2n) is 7.21. The largest absolute Gasteiger partial charge is 0.265 e. The molecule has 0 saturated heterocycles. The van der Waals surface area contributed by atoms with Gasteiger partial charge in [0.1, 0.15) is 11.5 Å². The molecule has 0 amide bonds. The number of benzene rings is 1. The number of hydrogen-bond acceptors (Lipinski definition) is 3. The number of fused-ring (bicyclic) bond motifs is 6. The smallest absolute Gasteiger partial charge is 0.155 e. The number of halogens is 1. The molecule has 3 aromatic heterocycles. The maximum Gasteiger partial charge on any atom is 0.155 e. The number of hydrogen-bond donors (Lipinski definition) is 1. The molecule has 4 heterocycles. The van der Waals surface area contributed by atoms with Crippen molar-refractivity contribution < 1.29 is 4.39 Å². The van der Waals surface area contributed by atoms with E-state index in [9.17, 15) is 4.39 Å². The van der Waals surface area contributed by atoms with E-state index in [1.807, 2.05) is 30.6 Å². The standard InChI is InChI=1S/C20H16FN5/c21-13-4-1-11(2-5-13)18-17(15-7-8-22-20-16(15)10-23-24-20)19-12-3-6-14(9-12)26(19)25-18/h1-2,4-5,7-8,10,12,14H,3,6,9H2,(H,22,23,24)/t12?,14-/m1/s1. The normalized spacial score (nSPS) is 20.8. The minimum atomic E-state index is -0.233. The van der Waals surface area contributed by atoms with Gasteiger partial charge >= 0.3 is 0 Å². The van der Waals surface area contributed by atoms with Crippen molar-refractivity contribution in [1.82, 2.24) is 25.0 Å². The summed E-state index contributed by atoms with van der Waals surface area (Å²) in [6.07, 6.45) is 7.22. The monoisotopic (exact) mass is 345 g/mol. The number of H-pyrrole nitrogens is 1. The Morgan fingerprint density at radius 2 is 2.00 bits per heavy atom. The van der Waals surface area contributed by atoms with Crippen molar-refractivity contribution in [3.63, 3.8) is 0 Å². The number of nitrogens with one attached hydrogen (secondary N) is 1. The second-order valence-corrected chi connectivity index (χ2v) is 7.21. The maximum atomic E-state index is 13.4. The van der Waals surface area contributed by atoms with Crippen molar-refractivity contribution in [2.45, 2.75) is 31.2 Å². The molecule has 1 aromatic carbocycles. The zero-order valence-corrected chi connectivity index (χ0v) is 14.0. The lowest BCUT2D eigenvalue weighted by molar-refractivity contribution is 0.478. The first-order valence-electron chi connectivity index (χ1n) is 8.96. The molecular weight excluding hydrogens is 329 g/mol. The molecule has 2 aliphatic rings. The molecule has 4 aromatic rings. The number of aromatic amines is 1. The van der Waals surface area contributed by atoms with Gasteiger partial charge in [-0.15, -0.1) is 0 Å². The summed E-state index contributed by atoms with van der Waals surface area (Å²) in [6, 6.07) is 9.15. The van der Waals surface area contributed by atoms with Crippen LogP contribution in [0.3, 0.4) is 0 Å². The number of nitrogens with zero attached hydrogens (tertiary/aromatic N) is 4. The van der Waals surface area contributed by atoms with E-state index in [1.54, 1.807) is 0 Å². The summed E-state index contributed by atoms with van der Waals surface area (Å²) in [5, 5.41) is 13.1.